The Kier molecular flexibility index (Phi) is 4.90. The van der Waals surface area contributed by atoms with Crippen molar-refractivity contribution in [3.05, 3.63) is 18.0 Å². The van der Waals surface area contributed by atoms with Crippen LogP contribution in [0.5, 0.6) is 0 Å². The molecule has 1 heterocycles. The first-order chi connectivity index (χ1) is 9.40. The molecule has 0 bridgehead atoms. The molecule has 3 atom stereocenters. The Hall–Kier alpha value is -0.830. The van der Waals surface area contributed by atoms with Crippen LogP contribution in [0.3, 0.4) is 0 Å². The molecule has 1 saturated carbocycles. The van der Waals surface area contributed by atoms with Crippen LogP contribution in [0, 0.1) is 17.3 Å². The largest absolute Gasteiger partial charge is 0.314 e. The molecule has 2 rings (SSSR count). The van der Waals surface area contributed by atoms with Crippen LogP contribution in [0.1, 0.15) is 52.5 Å². The molecular weight excluding hydrogens is 246 g/mol. The van der Waals surface area contributed by atoms with Crippen LogP contribution in [0.2, 0.25) is 0 Å². The smallest absolute Gasteiger partial charge is 0.0521 e. The van der Waals surface area contributed by atoms with Crippen molar-refractivity contribution in [3.8, 4) is 0 Å². The van der Waals surface area contributed by atoms with Crippen molar-refractivity contribution in [2.24, 2.45) is 24.3 Å². The van der Waals surface area contributed by atoms with E-state index in [0.717, 1.165) is 24.8 Å². The average Bonchev–Trinajstić information content (AvgIpc) is 2.76. The fourth-order valence-electron chi connectivity index (χ4n) is 3.69. The van der Waals surface area contributed by atoms with Gasteiger partial charge in [0.25, 0.3) is 0 Å². The molecule has 0 radical (unpaired) electrons. The lowest BCUT2D eigenvalue weighted by Gasteiger charge is -2.42. The molecule has 0 spiro atoms. The Labute approximate surface area is 124 Å². The summed E-state index contributed by atoms with van der Waals surface area (Å²) in [6.07, 6.45) is 9.40. The summed E-state index contributed by atoms with van der Waals surface area (Å²) in [5.74, 6) is 1.59. The molecule has 1 aromatic heterocycles. The SMILES string of the molecule is CCNC1CCC(C(C)(C)C)CC1Cc1cnn(C)c1. The van der Waals surface area contributed by atoms with Crippen molar-refractivity contribution < 1.29 is 0 Å². The van der Waals surface area contributed by atoms with E-state index in [2.05, 4.69) is 44.3 Å². The minimum absolute atomic E-state index is 0.435. The van der Waals surface area contributed by atoms with Crippen molar-refractivity contribution in [1.82, 2.24) is 15.1 Å². The molecule has 0 saturated heterocycles. The van der Waals surface area contributed by atoms with E-state index in [9.17, 15) is 0 Å². The van der Waals surface area contributed by atoms with Crippen LogP contribution in [0.4, 0.5) is 0 Å². The summed E-state index contributed by atoms with van der Waals surface area (Å²) in [5.41, 5.74) is 1.82. The highest BCUT2D eigenvalue weighted by atomic mass is 15.2. The van der Waals surface area contributed by atoms with Gasteiger partial charge in [-0.25, -0.2) is 0 Å². The first-order valence-electron chi connectivity index (χ1n) is 8.11. The molecule has 1 N–H and O–H groups in total. The van der Waals surface area contributed by atoms with E-state index >= 15 is 0 Å². The number of aromatic nitrogens is 2. The summed E-state index contributed by atoms with van der Waals surface area (Å²) in [7, 11) is 2.00. The van der Waals surface area contributed by atoms with Crippen molar-refractivity contribution in [3.63, 3.8) is 0 Å². The van der Waals surface area contributed by atoms with Crippen LogP contribution in [-0.4, -0.2) is 22.4 Å². The first kappa shape index (κ1) is 15.6. The topological polar surface area (TPSA) is 29.9 Å². The van der Waals surface area contributed by atoms with Gasteiger partial charge in [0.15, 0.2) is 0 Å². The zero-order valence-corrected chi connectivity index (χ0v) is 13.8. The Bertz CT molecular complexity index is 416. The molecule has 114 valence electrons. The second-order valence-electron chi connectivity index (χ2n) is 7.53. The molecule has 1 aromatic rings. The zero-order chi connectivity index (χ0) is 14.8. The predicted molar refractivity (Wildman–Crippen MR) is 84.7 cm³/mol. The second kappa shape index (κ2) is 6.30. The maximum absolute atomic E-state index is 4.32. The second-order valence-corrected chi connectivity index (χ2v) is 7.53. The fourth-order valence-corrected chi connectivity index (χ4v) is 3.69. The predicted octanol–water partition coefficient (Wildman–Crippen LogP) is 3.40. The van der Waals surface area contributed by atoms with Crippen molar-refractivity contribution in [2.45, 2.75) is 59.4 Å². The van der Waals surface area contributed by atoms with Gasteiger partial charge in [0, 0.05) is 19.3 Å². The Morgan fingerprint density at radius 1 is 1.35 bits per heavy atom. The molecular formula is C17H31N3. The van der Waals surface area contributed by atoms with Crippen LogP contribution in [0.25, 0.3) is 0 Å². The molecule has 1 aliphatic carbocycles. The Balaban J connectivity index is 2.06. The molecule has 20 heavy (non-hydrogen) atoms. The summed E-state index contributed by atoms with van der Waals surface area (Å²) in [6.45, 7) is 10.5. The quantitative estimate of drug-likeness (QED) is 0.914. The average molecular weight is 277 g/mol. The van der Waals surface area contributed by atoms with Gasteiger partial charge in [-0.05, 0) is 55.0 Å². The van der Waals surface area contributed by atoms with Gasteiger partial charge in [-0.15, -0.1) is 0 Å². The van der Waals surface area contributed by atoms with Gasteiger partial charge in [0.05, 0.1) is 6.20 Å². The van der Waals surface area contributed by atoms with Crippen molar-refractivity contribution >= 4 is 0 Å². The summed E-state index contributed by atoms with van der Waals surface area (Å²) in [6, 6.07) is 0.679. The number of nitrogens with one attached hydrogen (secondary N) is 1. The van der Waals surface area contributed by atoms with Gasteiger partial charge in [0.2, 0.25) is 0 Å². The number of rotatable bonds is 4. The fraction of sp³-hybridized carbons (Fsp3) is 0.824. The van der Waals surface area contributed by atoms with Gasteiger partial charge in [-0.2, -0.15) is 5.10 Å². The van der Waals surface area contributed by atoms with E-state index in [0.29, 0.717) is 11.5 Å². The van der Waals surface area contributed by atoms with E-state index in [1.54, 1.807) is 0 Å². The lowest BCUT2D eigenvalue weighted by Crippen LogP contribution is -2.43. The van der Waals surface area contributed by atoms with E-state index in [4.69, 9.17) is 0 Å². The first-order valence-corrected chi connectivity index (χ1v) is 8.11. The Morgan fingerprint density at radius 3 is 2.65 bits per heavy atom. The highest BCUT2D eigenvalue weighted by Gasteiger charge is 2.35. The highest BCUT2D eigenvalue weighted by Crippen LogP contribution is 2.41. The number of hydrogen-bond donors (Lipinski definition) is 1. The lowest BCUT2D eigenvalue weighted by atomic mass is 9.66. The maximum atomic E-state index is 4.32. The van der Waals surface area contributed by atoms with Gasteiger partial charge in [0.1, 0.15) is 0 Å². The minimum Gasteiger partial charge on any atom is -0.314 e. The molecule has 3 heteroatoms. The number of hydrogen-bond acceptors (Lipinski definition) is 2. The van der Waals surface area contributed by atoms with Gasteiger partial charge < -0.3 is 5.32 Å². The number of nitrogens with zero attached hydrogens (tertiary/aromatic N) is 2. The summed E-state index contributed by atoms with van der Waals surface area (Å²) in [5, 5.41) is 8.02. The number of aryl methyl sites for hydroxylation is 1. The summed E-state index contributed by atoms with van der Waals surface area (Å²) in [4.78, 5) is 0. The molecule has 0 aromatic carbocycles. The molecule has 0 aliphatic heterocycles. The van der Waals surface area contributed by atoms with Gasteiger partial charge in [-0.3, -0.25) is 4.68 Å². The van der Waals surface area contributed by atoms with Crippen LogP contribution in [0.15, 0.2) is 12.4 Å². The summed E-state index contributed by atoms with van der Waals surface area (Å²) < 4.78 is 1.92. The highest BCUT2D eigenvalue weighted by molar-refractivity contribution is 5.07. The van der Waals surface area contributed by atoms with Gasteiger partial charge in [-0.1, -0.05) is 27.7 Å². The van der Waals surface area contributed by atoms with Gasteiger partial charge >= 0.3 is 0 Å². The molecule has 1 aliphatic rings. The molecule has 0 amide bonds. The summed E-state index contributed by atoms with van der Waals surface area (Å²) >= 11 is 0. The standard InChI is InChI=1S/C17H31N3/c1-6-18-16-8-7-15(17(2,3)4)10-14(16)9-13-11-19-20(5)12-13/h11-12,14-16,18H,6-10H2,1-5H3. The van der Waals surface area contributed by atoms with E-state index in [1.807, 2.05) is 17.9 Å². The third-order valence-electron chi connectivity index (χ3n) is 4.93. The Morgan fingerprint density at radius 2 is 2.10 bits per heavy atom. The van der Waals surface area contributed by atoms with E-state index in [1.165, 1.54) is 24.8 Å². The van der Waals surface area contributed by atoms with Crippen LogP contribution in [-0.2, 0) is 13.5 Å². The molecule has 3 nitrogen and oxygen atoms in total. The minimum atomic E-state index is 0.435. The molecule has 1 fully saturated rings. The van der Waals surface area contributed by atoms with E-state index in [-0.39, 0.29) is 0 Å². The maximum Gasteiger partial charge on any atom is 0.0521 e. The zero-order valence-electron chi connectivity index (χ0n) is 13.8. The van der Waals surface area contributed by atoms with E-state index < -0.39 is 0 Å². The normalized spacial score (nSPS) is 27.8. The third kappa shape index (κ3) is 3.85. The third-order valence-corrected chi connectivity index (χ3v) is 4.93. The van der Waals surface area contributed by atoms with Crippen molar-refractivity contribution in [1.29, 1.82) is 0 Å². The monoisotopic (exact) mass is 277 g/mol. The molecule has 3 unspecified atom stereocenters. The van der Waals surface area contributed by atoms with Crippen molar-refractivity contribution in [2.75, 3.05) is 6.54 Å². The lowest BCUT2D eigenvalue weighted by molar-refractivity contribution is 0.114. The van der Waals surface area contributed by atoms with Crippen LogP contribution < -0.4 is 5.32 Å². The van der Waals surface area contributed by atoms with Crippen LogP contribution >= 0.6 is 0 Å².